The summed E-state index contributed by atoms with van der Waals surface area (Å²) >= 11 is 5.56. The Labute approximate surface area is 83.3 Å². The molecule has 0 aromatic carbocycles. The second-order valence-electron chi connectivity index (χ2n) is 2.49. The Bertz CT molecular complexity index is 302. The first-order valence-corrected chi connectivity index (χ1v) is 4.14. The van der Waals surface area contributed by atoms with Crippen molar-refractivity contribution in [1.82, 2.24) is 9.97 Å². The highest BCUT2D eigenvalue weighted by molar-refractivity contribution is 6.31. The second kappa shape index (κ2) is 4.45. The molecule has 0 saturated carbocycles. The van der Waals surface area contributed by atoms with E-state index < -0.39 is 12.6 Å². The van der Waals surface area contributed by atoms with Gasteiger partial charge in [-0.2, -0.15) is 13.2 Å². The van der Waals surface area contributed by atoms with E-state index in [1.165, 1.54) is 12.4 Å². The molecule has 0 amide bonds. The maximum absolute atomic E-state index is 11.7. The number of nitrogens with zero attached hydrogens (tertiary/aromatic N) is 2. The Morgan fingerprint density at radius 2 is 1.93 bits per heavy atom. The Kier molecular flexibility index (Phi) is 3.51. The number of hydrogen-bond acceptors (Lipinski definition) is 3. The van der Waals surface area contributed by atoms with Crippen LogP contribution in [0.4, 0.5) is 19.0 Å². The van der Waals surface area contributed by atoms with Crippen molar-refractivity contribution < 1.29 is 13.2 Å². The third-order valence-electron chi connectivity index (χ3n) is 1.35. The quantitative estimate of drug-likeness (QED) is 0.859. The van der Waals surface area contributed by atoms with Crippen LogP contribution in [0.1, 0.15) is 6.42 Å². The predicted octanol–water partition coefficient (Wildman–Crippen LogP) is 2.49. The van der Waals surface area contributed by atoms with Crippen molar-refractivity contribution in [2.45, 2.75) is 12.6 Å². The number of hydrogen-bond donors (Lipinski definition) is 1. The normalized spacial score (nSPS) is 11.4. The van der Waals surface area contributed by atoms with Gasteiger partial charge in [0.2, 0.25) is 0 Å². The number of alkyl halides is 3. The van der Waals surface area contributed by atoms with E-state index in [0.717, 1.165) is 0 Å². The Hall–Kier alpha value is -1.04. The van der Waals surface area contributed by atoms with Crippen molar-refractivity contribution in [3.05, 3.63) is 17.5 Å². The highest BCUT2D eigenvalue weighted by Crippen LogP contribution is 2.20. The summed E-state index contributed by atoms with van der Waals surface area (Å²) in [6.45, 7) is -0.262. The fraction of sp³-hybridized carbons (Fsp3) is 0.429. The maximum Gasteiger partial charge on any atom is 0.390 e. The molecule has 0 aliphatic carbocycles. The summed E-state index contributed by atoms with van der Waals surface area (Å²) in [5.74, 6) is 0.165. The van der Waals surface area contributed by atoms with Gasteiger partial charge in [0.25, 0.3) is 0 Å². The van der Waals surface area contributed by atoms with Crippen LogP contribution in [0.15, 0.2) is 12.4 Å². The van der Waals surface area contributed by atoms with Crippen molar-refractivity contribution in [2.24, 2.45) is 0 Å². The number of anilines is 1. The van der Waals surface area contributed by atoms with Gasteiger partial charge in [-0.05, 0) is 0 Å². The van der Waals surface area contributed by atoms with E-state index in [0.29, 0.717) is 0 Å². The largest absolute Gasteiger partial charge is 0.390 e. The summed E-state index contributed by atoms with van der Waals surface area (Å²) in [6, 6.07) is 0. The second-order valence-corrected chi connectivity index (χ2v) is 2.85. The van der Waals surface area contributed by atoms with Crippen molar-refractivity contribution in [3.63, 3.8) is 0 Å². The van der Waals surface area contributed by atoms with Crippen LogP contribution in [-0.2, 0) is 0 Å². The number of halogens is 4. The van der Waals surface area contributed by atoms with Crippen LogP contribution in [0.2, 0.25) is 5.15 Å². The summed E-state index contributed by atoms with van der Waals surface area (Å²) in [5, 5.41) is 2.51. The highest BCUT2D eigenvalue weighted by Gasteiger charge is 2.26. The van der Waals surface area contributed by atoms with Crippen LogP contribution < -0.4 is 5.32 Å². The van der Waals surface area contributed by atoms with Gasteiger partial charge in [-0.25, -0.2) is 9.97 Å². The molecule has 0 fully saturated rings. The van der Waals surface area contributed by atoms with Gasteiger partial charge in [-0.3, -0.25) is 0 Å². The molecular formula is C7H7ClF3N3. The summed E-state index contributed by atoms with van der Waals surface area (Å²) in [7, 11) is 0. The lowest BCUT2D eigenvalue weighted by atomic mass is 10.4. The minimum atomic E-state index is -4.18. The molecule has 0 unspecified atom stereocenters. The number of nitrogens with one attached hydrogen (secondary N) is 1. The molecule has 7 heteroatoms. The zero-order valence-electron chi connectivity index (χ0n) is 6.98. The molecule has 1 rings (SSSR count). The van der Waals surface area contributed by atoms with Crippen molar-refractivity contribution >= 4 is 17.4 Å². The standard InChI is InChI=1S/C7H7ClF3N3/c8-5-6(14-4-3-12-5)13-2-1-7(9,10)11/h3-4H,1-2H2,(H,13,14). The molecule has 1 aromatic rings. The molecule has 0 saturated heterocycles. The molecule has 0 radical (unpaired) electrons. The molecule has 78 valence electrons. The lowest BCUT2D eigenvalue weighted by molar-refractivity contribution is -0.131. The first-order valence-electron chi connectivity index (χ1n) is 3.76. The van der Waals surface area contributed by atoms with Crippen LogP contribution >= 0.6 is 11.6 Å². The highest BCUT2D eigenvalue weighted by atomic mass is 35.5. The maximum atomic E-state index is 11.7. The molecule has 1 N–H and O–H groups in total. The average molecular weight is 226 g/mol. The van der Waals surface area contributed by atoms with E-state index in [1.807, 2.05) is 0 Å². The van der Waals surface area contributed by atoms with Gasteiger partial charge in [0.1, 0.15) is 0 Å². The third kappa shape index (κ3) is 3.78. The van der Waals surface area contributed by atoms with E-state index in [-0.39, 0.29) is 17.5 Å². The minimum Gasteiger partial charge on any atom is -0.367 e. The van der Waals surface area contributed by atoms with E-state index in [9.17, 15) is 13.2 Å². The molecule has 14 heavy (non-hydrogen) atoms. The van der Waals surface area contributed by atoms with Gasteiger partial charge < -0.3 is 5.32 Å². The van der Waals surface area contributed by atoms with E-state index >= 15 is 0 Å². The van der Waals surface area contributed by atoms with Crippen LogP contribution in [0.5, 0.6) is 0 Å². The number of aromatic nitrogens is 2. The van der Waals surface area contributed by atoms with Gasteiger partial charge in [0.15, 0.2) is 11.0 Å². The Morgan fingerprint density at radius 1 is 1.29 bits per heavy atom. The zero-order chi connectivity index (χ0) is 10.6. The molecule has 1 heterocycles. The van der Waals surface area contributed by atoms with Crippen LogP contribution in [0.3, 0.4) is 0 Å². The molecule has 0 aliphatic heterocycles. The smallest absolute Gasteiger partial charge is 0.367 e. The molecule has 0 bridgehead atoms. The summed E-state index contributed by atoms with van der Waals surface area (Å²) in [6.07, 6.45) is -2.40. The lowest BCUT2D eigenvalue weighted by Crippen LogP contribution is -2.15. The van der Waals surface area contributed by atoms with Crippen molar-refractivity contribution in [1.29, 1.82) is 0 Å². The van der Waals surface area contributed by atoms with Crippen molar-refractivity contribution in [3.8, 4) is 0 Å². The predicted molar refractivity (Wildman–Crippen MR) is 46.2 cm³/mol. The first kappa shape index (κ1) is 11.0. The molecule has 0 atom stereocenters. The van der Waals surface area contributed by atoms with Crippen LogP contribution in [0.25, 0.3) is 0 Å². The first-order chi connectivity index (χ1) is 6.49. The SMILES string of the molecule is FC(F)(F)CCNc1nccnc1Cl. The number of rotatable bonds is 3. The summed E-state index contributed by atoms with van der Waals surface area (Å²) in [5.41, 5.74) is 0. The minimum absolute atomic E-state index is 0.0645. The lowest BCUT2D eigenvalue weighted by Gasteiger charge is -2.08. The van der Waals surface area contributed by atoms with Gasteiger partial charge >= 0.3 is 6.18 Å². The molecule has 3 nitrogen and oxygen atoms in total. The molecule has 0 spiro atoms. The fourth-order valence-electron chi connectivity index (χ4n) is 0.762. The monoisotopic (exact) mass is 225 g/mol. The average Bonchev–Trinajstić information content (AvgIpc) is 2.06. The molecule has 0 aliphatic rings. The molecular weight excluding hydrogens is 219 g/mol. The van der Waals surface area contributed by atoms with Crippen LogP contribution in [-0.4, -0.2) is 22.7 Å². The zero-order valence-corrected chi connectivity index (χ0v) is 7.73. The van der Waals surface area contributed by atoms with E-state index in [2.05, 4.69) is 15.3 Å². The third-order valence-corrected chi connectivity index (χ3v) is 1.63. The Balaban J connectivity index is 2.43. The van der Waals surface area contributed by atoms with Gasteiger partial charge in [0.05, 0.1) is 6.42 Å². The fourth-order valence-corrected chi connectivity index (χ4v) is 0.934. The summed E-state index contributed by atoms with van der Waals surface area (Å²) in [4.78, 5) is 7.38. The van der Waals surface area contributed by atoms with Gasteiger partial charge in [-0.15, -0.1) is 0 Å². The van der Waals surface area contributed by atoms with E-state index in [1.54, 1.807) is 0 Å². The Morgan fingerprint density at radius 3 is 2.50 bits per heavy atom. The van der Waals surface area contributed by atoms with E-state index in [4.69, 9.17) is 11.6 Å². The topological polar surface area (TPSA) is 37.8 Å². The summed E-state index contributed by atoms with van der Waals surface area (Å²) < 4.78 is 35.2. The van der Waals surface area contributed by atoms with Crippen molar-refractivity contribution in [2.75, 3.05) is 11.9 Å². The van der Waals surface area contributed by atoms with Crippen LogP contribution in [0, 0.1) is 0 Å². The van der Waals surface area contributed by atoms with Gasteiger partial charge in [0, 0.05) is 18.9 Å². The van der Waals surface area contributed by atoms with Gasteiger partial charge in [-0.1, -0.05) is 11.6 Å². The molecule has 1 aromatic heterocycles.